The summed E-state index contributed by atoms with van der Waals surface area (Å²) in [5.74, 6) is -0.146. The van der Waals surface area contributed by atoms with Crippen LogP contribution in [-0.4, -0.2) is 23.8 Å². The number of rotatable bonds is 20. The summed E-state index contributed by atoms with van der Waals surface area (Å²) < 4.78 is 5.27. The largest absolute Gasteiger partial charge is 0.460 e. The molecule has 1 N–H and O–H groups in total. The highest BCUT2D eigenvalue weighted by molar-refractivity contribution is 5.69. The number of carbonyl (C=O) groups is 1. The van der Waals surface area contributed by atoms with E-state index in [1.54, 1.807) is 0 Å². The van der Waals surface area contributed by atoms with Crippen LogP contribution in [0.25, 0.3) is 0 Å². The maximum atomic E-state index is 11.7. The third kappa shape index (κ3) is 18.2. The summed E-state index contributed by atoms with van der Waals surface area (Å²) in [4.78, 5) is 11.7. The minimum atomic E-state index is -0.302. The Labute approximate surface area is 163 Å². The molecule has 1 atom stereocenters. The van der Waals surface area contributed by atoms with Crippen LogP contribution in [0.4, 0.5) is 0 Å². The van der Waals surface area contributed by atoms with E-state index >= 15 is 0 Å². The second kappa shape index (κ2) is 20.7. The molecule has 0 rings (SSSR count). The molecule has 0 saturated carbocycles. The van der Waals surface area contributed by atoms with Gasteiger partial charge in [-0.25, -0.2) is 0 Å². The van der Waals surface area contributed by atoms with Crippen LogP contribution in [0.5, 0.6) is 0 Å². The van der Waals surface area contributed by atoms with Crippen molar-refractivity contribution in [3.8, 4) is 0 Å². The van der Waals surface area contributed by atoms with Gasteiger partial charge in [-0.2, -0.15) is 0 Å². The normalized spacial score (nSPS) is 12.3. The average molecular weight is 371 g/mol. The van der Waals surface area contributed by atoms with Gasteiger partial charge in [-0.15, -0.1) is 0 Å². The highest BCUT2D eigenvalue weighted by atomic mass is 16.5. The molecule has 0 aromatic rings. The second-order valence-electron chi connectivity index (χ2n) is 7.78. The topological polar surface area (TPSA) is 46.5 Å². The zero-order valence-electron chi connectivity index (χ0n) is 17.8. The van der Waals surface area contributed by atoms with Gasteiger partial charge in [-0.05, 0) is 12.8 Å². The fraction of sp³-hybridized carbons (Fsp3) is 0.957. The van der Waals surface area contributed by atoms with E-state index in [2.05, 4.69) is 6.92 Å². The smallest absolute Gasteiger partial charge is 0.306 e. The first-order chi connectivity index (χ1) is 12.7. The lowest BCUT2D eigenvalue weighted by molar-refractivity contribution is -0.151. The Morgan fingerprint density at radius 3 is 1.50 bits per heavy atom. The van der Waals surface area contributed by atoms with Gasteiger partial charge in [0.15, 0.2) is 0 Å². The molecule has 0 spiro atoms. The molecule has 1 unspecified atom stereocenters. The van der Waals surface area contributed by atoms with Crippen molar-refractivity contribution in [1.29, 1.82) is 0 Å². The van der Waals surface area contributed by atoms with Gasteiger partial charge in [0.05, 0.1) is 6.61 Å². The van der Waals surface area contributed by atoms with Crippen molar-refractivity contribution < 1.29 is 14.6 Å². The van der Waals surface area contributed by atoms with Crippen LogP contribution in [0, 0.1) is 0 Å². The van der Waals surface area contributed by atoms with Crippen LogP contribution in [0.15, 0.2) is 0 Å². The molecular weight excluding hydrogens is 324 g/mol. The van der Waals surface area contributed by atoms with Gasteiger partial charge in [-0.1, -0.05) is 110 Å². The zero-order valence-corrected chi connectivity index (χ0v) is 17.8. The van der Waals surface area contributed by atoms with Gasteiger partial charge in [0.25, 0.3) is 0 Å². The number of esters is 1. The van der Waals surface area contributed by atoms with Gasteiger partial charge in [0, 0.05) is 6.42 Å². The maximum absolute atomic E-state index is 11.7. The number of ether oxygens (including phenoxy) is 1. The van der Waals surface area contributed by atoms with Crippen LogP contribution in [-0.2, 0) is 9.53 Å². The third-order valence-corrected chi connectivity index (χ3v) is 5.10. The molecule has 0 amide bonds. The fourth-order valence-corrected chi connectivity index (χ4v) is 3.39. The van der Waals surface area contributed by atoms with Crippen molar-refractivity contribution in [2.45, 2.75) is 136 Å². The molecular formula is C23H46O3. The summed E-state index contributed by atoms with van der Waals surface area (Å²) in [6.07, 6.45) is 21.8. The quantitative estimate of drug-likeness (QED) is 0.186. The number of aliphatic hydroxyl groups excluding tert-OH is 1. The van der Waals surface area contributed by atoms with Crippen molar-refractivity contribution in [1.82, 2.24) is 0 Å². The van der Waals surface area contributed by atoms with E-state index in [4.69, 9.17) is 9.84 Å². The first-order valence-corrected chi connectivity index (χ1v) is 11.5. The van der Waals surface area contributed by atoms with E-state index in [1.165, 1.54) is 83.5 Å². The summed E-state index contributed by atoms with van der Waals surface area (Å²) in [6, 6.07) is 0. The molecule has 0 aliphatic rings. The summed E-state index contributed by atoms with van der Waals surface area (Å²) in [5.41, 5.74) is 0. The summed E-state index contributed by atoms with van der Waals surface area (Å²) in [5, 5.41) is 9.13. The predicted octanol–water partition coefficient (Wildman–Crippen LogP) is 6.95. The Bertz CT molecular complexity index is 291. The molecule has 0 fully saturated rings. The highest BCUT2D eigenvalue weighted by Crippen LogP contribution is 2.14. The fourth-order valence-electron chi connectivity index (χ4n) is 3.39. The molecule has 3 nitrogen and oxygen atoms in total. The molecule has 0 saturated heterocycles. The van der Waals surface area contributed by atoms with Crippen LogP contribution >= 0.6 is 0 Å². The Morgan fingerprint density at radius 2 is 1.12 bits per heavy atom. The van der Waals surface area contributed by atoms with E-state index in [-0.39, 0.29) is 18.7 Å². The van der Waals surface area contributed by atoms with E-state index in [0.717, 1.165) is 25.7 Å². The van der Waals surface area contributed by atoms with Gasteiger partial charge in [-0.3, -0.25) is 4.79 Å². The van der Waals surface area contributed by atoms with Crippen LogP contribution in [0.3, 0.4) is 0 Å². The Hall–Kier alpha value is -0.570. The SMILES string of the molecule is CCCCCCCCCCCCCCCCCC(=O)OC(CO)CCC. The van der Waals surface area contributed by atoms with Crippen LogP contribution in [0.2, 0.25) is 0 Å². The summed E-state index contributed by atoms with van der Waals surface area (Å²) in [7, 11) is 0. The molecule has 0 aliphatic carbocycles. The molecule has 0 radical (unpaired) electrons. The number of unbranched alkanes of at least 4 members (excludes halogenated alkanes) is 14. The minimum Gasteiger partial charge on any atom is -0.460 e. The lowest BCUT2D eigenvalue weighted by Crippen LogP contribution is -2.21. The molecule has 0 bridgehead atoms. The Kier molecular flexibility index (Phi) is 20.3. The standard InChI is InChI=1S/C23H46O3/c1-3-5-6-7-8-9-10-11-12-13-14-15-16-17-18-20-23(25)26-22(21-24)19-4-2/h22,24H,3-21H2,1-2H3. The van der Waals surface area contributed by atoms with Gasteiger partial charge in [0.1, 0.15) is 6.10 Å². The summed E-state index contributed by atoms with van der Waals surface area (Å²) >= 11 is 0. The lowest BCUT2D eigenvalue weighted by atomic mass is 10.0. The van der Waals surface area contributed by atoms with Crippen LogP contribution in [0.1, 0.15) is 129 Å². The van der Waals surface area contributed by atoms with Crippen molar-refractivity contribution >= 4 is 5.97 Å². The number of aliphatic hydroxyl groups is 1. The molecule has 0 aromatic heterocycles. The van der Waals surface area contributed by atoms with E-state index in [1.807, 2.05) is 6.92 Å². The molecule has 0 aromatic carbocycles. The van der Waals surface area contributed by atoms with E-state index in [0.29, 0.717) is 6.42 Å². The van der Waals surface area contributed by atoms with Gasteiger partial charge >= 0.3 is 5.97 Å². The van der Waals surface area contributed by atoms with Crippen molar-refractivity contribution in [3.05, 3.63) is 0 Å². The monoisotopic (exact) mass is 370 g/mol. The highest BCUT2D eigenvalue weighted by Gasteiger charge is 2.11. The summed E-state index contributed by atoms with van der Waals surface area (Å²) in [6.45, 7) is 4.25. The molecule has 0 aliphatic heterocycles. The molecule has 156 valence electrons. The number of hydrogen-bond donors (Lipinski definition) is 1. The predicted molar refractivity (Wildman–Crippen MR) is 111 cm³/mol. The molecule has 26 heavy (non-hydrogen) atoms. The molecule has 3 heteroatoms. The molecule has 0 heterocycles. The van der Waals surface area contributed by atoms with E-state index < -0.39 is 0 Å². The zero-order chi connectivity index (χ0) is 19.3. The average Bonchev–Trinajstić information content (AvgIpc) is 2.64. The van der Waals surface area contributed by atoms with Crippen molar-refractivity contribution in [2.75, 3.05) is 6.61 Å². The first-order valence-electron chi connectivity index (χ1n) is 11.5. The second-order valence-corrected chi connectivity index (χ2v) is 7.78. The van der Waals surface area contributed by atoms with Gasteiger partial charge < -0.3 is 9.84 Å². The van der Waals surface area contributed by atoms with Crippen LogP contribution < -0.4 is 0 Å². The van der Waals surface area contributed by atoms with Gasteiger partial charge in [0.2, 0.25) is 0 Å². The van der Waals surface area contributed by atoms with Crippen molar-refractivity contribution in [3.63, 3.8) is 0 Å². The maximum Gasteiger partial charge on any atom is 0.306 e. The van der Waals surface area contributed by atoms with E-state index in [9.17, 15) is 4.79 Å². The third-order valence-electron chi connectivity index (χ3n) is 5.10. The number of hydrogen-bond acceptors (Lipinski definition) is 3. The Morgan fingerprint density at radius 1 is 0.692 bits per heavy atom. The Balaban J connectivity index is 3.22. The number of carbonyl (C=O) groups excluding carboxylic acids is 1. The van der Waals surface area contributed by atoms with Crippen molar-refractivity contribution in [2.24, 2.45) is 0 Å². The lowest BCUT2D eigenvalue weighted by Gasteiger charge is -2.14. The first kappa shape index (κ1) is 25.4. The minimum absolute atomic E-state index is 0.0571.